The normalized spacial score (nSPS) is 14.2. The highest BCUT2D eigenvalue weighted by atomic mass is 32.2. The molecular formula is C10H9NO6S2. The summed E-state index contributed by atoms with van der Waals surface area (Å²) in [6.45, 7) is 1.17. The largest absolute Gasteiger partial charge is 0.465 e. The van der Waals surface area contributed by atoms with Crippen LogP contribution >= 0.6 is 23.5 Å². The van der Waals surface area contributed by atoms with Crippen LogP contribution in [-0.2, 0) is 23.9 Å². The Morgan fingerprint density at radius 1 is 1.00 bits per heavy atom. The second-order valence-corrected chi connectivity index (χ2v) is 5.43. The van der Waals surface area contributed by atoms with Crippen molar-refractivity contribution in [3.8, 4) is 0 Å². The third-order valence-electron chi connectivity index (χ3n) is 1.96. The molecule has 7 nitrogen and oxygen atoms in total. The molecule has 1 aliphatic rings. The van der Waals surface area contributed by atoms with Crippen molar-refractivity contribution in [2.45, 2.75) is 6.92 Å². The molecule has 0 aromatic carbocycles. The number of carbonyl (C=O) groups is 3. The predicted molar refractivity (Wildman–Crippen MR) is 69.7 cm³/mol. The molecule has 1 aliphatic heterocycles. The Kier molecular flexibility index (Phi) is 5.31. The maximum atomic E-state index is 11.5. The summed E-state index contributed by atoms with van der Waals surface area (Å²) < 4.78 is 9.21. The summed E-state index contributed by atoms with van der Waals surface area (Å²) in [6.07, 6.45) is 0. The summed E-state index contributed by atoms with van der Waals surface area (Å²) >= 11 is 1.58. The van der Waals surface area contributed by atoms with Gasteiger partial charge >= 0.3 is 11.9 Å². The number of nitroso groups, excluding NO2 is 1. The minimum Gasteiger partial charge on any atom is -0.465 e. The smallest absolute Gasteiger partial charge is 0.346 e. The number of nitrogens with zero attached hydrogens (tertiary/aromatic N) is 1. The van der Waals surface area contributed by atoms with Crippen molar-refractivity contribution in [2.75, 3.05) is 14.2 Å². The van der Waals surface area contributed by atoms with Crippen LogP contribution in [0.4, 0.5) is 0 Å². The van der Waals surface area contributed by atoms with E-state index >= 15 is 0 Å². The maximum absolute atomic E-state index is 11.5. The maximum Gasteiger partial charge on any atom is 0.346 e. The van der Waals surface area contributed by atoms with Gasteiger partial charge in [-0.05, 0) is 5.18 Å². The number of esters is 2. The van der Waals surface area contributed by atoms with E-state index in [1.54, 1.807) is 0 Å². The third kappa shape index (κ3) is 3.24. The number of hydrogen-bond acceptors (Lipinski definition) is 9. The van der Waals surface area contributed by atoms with Crippen LogP contribution in [-0.4, -0.2) is 31.9 Å². The number of methoxy groups -OCH3 is 2. The molecule has 0 aliphatic carbocycles. The first-order valence-corrected chi connectivity index (χ1v) is 6.44. The van der Waals surface area contributed by atoms with Gasteiger partial charge in [0, 0.05) is 6.92 Å². The fourth-order valence-electron chi connectivity index (χ4n) is 1.09. The third-order valence-corrected chi connectivity index (χ3v) is 4.49. The summed E-state index contributed by atoms with van der Waals surface area (Å²) in [5.74, 6) is -2.05. The van der Waals surface area contributed by atoms with Crippen LogP contribution < -0.4 is 0 Å². The van der Waals surface area contributed by atoms with Crippen LogP contribution in [0.1, 0.15) is 6.92 Å². The minimum absolute atomic E-state index is 0.0308. The van der Waals surface area contributed by atoms with Gasteiger partial charge in [0.25, 0.3) is 0 Å². The Morgan fingerprint density at radius 2 is 1.42 bits per heavy atom. The quantitative estimate of drug-likeness (QED) is 0.438. The molecule has 0 aromatic heterocycles. The summed E-state index contributed by atoms with van der Waals surface area (Å²) in [5, 5.41) is 2.62. The van der Waals surface area contributed by atoms with Gasteiger partial charge in [0.1, 0.15) is 9.81 Å². The summed E-state index contributed by atoms with van der Waals surface area (Å²) in [6, 6.07) is 0. The topological polar surface area (TPSA) is 99.1 Å². The number of thioether (sulfide) groups is 2. The molecule has 9 heteroatoms. The molecule has 0 aromatic rings. The van der Waals surface area contributed by atoms with Crippen molar-refractivity contribution in [3.05, 3.63) is 24.7 Å². The Balaban J connectivity index is 3.24. The SMILES string of the molecule is COC(=O)C1=C(C(=O)OC)SC(=C(N=O)C(C)=O)S1. The van der Waals surface area contributed by atoms with Gasteiger partial charge in [-0.2, -0.15) is 0 Å². The predicted octanol–water partition coefficient (Wildman–Crippen LogP) is 1.55. The lowest BCUT2D eigenvalue weighted by Crippen LogP contribution is -2.08. The fourth-order valence-corrected chi connectivity index (χ4v) is 3.62. The average Bonchev–Trinajstić information content (AvgIpc) is 2.82. The van der Waals surface area contributed by atoms with E-state index in [0.29, 0.717) is 0 Å². The summed E-state index contributed by atoms with van der Waals surface area (Å²) in [5.41, 5.74) is -0.338. The van der Waals surface area contributed by atoms with Crippen molar-refractivity contribution in [3.63, 3.8) is 0 Å². The summed E-state index contributed by atoms with van der Waals surface area (Å²) in [7, 11) is 2.31. The fraction of sp³-hybridized carbons (Fsp3) is 0.300. The van der Waals surface area contributed by atoms with Crippen LogP contribution in [0, 0.1) is 4.91 Å². The molecule has 0 N–H and O–H groups in total. The van der Waals surface area contributed by atoms with Crippen LogP contribution in [0.25, 0.3) is 0 Å². The zero-order chi connectivity index (χ0) is 14.6. The van der Waals surface area contributed by atoms with Crippen LogP contribution in [0.2, 0.25) is 0 Å². The number of ether oxygens (including phenoxy) is 2. The van der Waals surface area contributed by atoms with Gasteiger partial charge in [0.15, 0.2) is 11.5 Å². The Labute approximate surface area is 116 Å². The Hall–Kier alpha value is -1.61. The van der Waals surface area contributed by atoms with Gasteiger partial charge in [0.05, 0.1) is 18.5 Å². The number of ketones is 1. The average molecular weight is 303 g/mol. The molecule has 0 spiro atoms. The molecule has 0 fully saturated rings. The molecular weight excluding hydrogens is 294 g/mol. The van der Waals surface area contributed by atoms with E-state index in [9.17, 15) is 19.3 Å². The molecule has 1 heterocycles. The van der Waals surface area contributed by atoms with E-state index in [1.165, 1.54) is 6.92 Å². The van der Waals surface area contributed by atoms with Gasteiger partial charge in [0.2, 0.25) is 0 Å². The first-order valence-electron chi connectivity index (χ1n) is 4.81. The lowest BCUT2D eigenvalue weighted by molar-refractivity contribution is -0.138. The molecule has 0 saturated heterocycles. The first-order chi connectivity index (χ1) is 8.96. The van der Waals surface area contributed by atoms with E-state index in [4.69, 9.17) is 0 Å². The molecule has 102 valence electrons. The van der Waals surface area contributed by atoms with Gasteiger partial charge < -0.3 is 9.47 Å². The second-order valence-electron chi connectivity index (χ2n) is 3.13. The molecule has 0 saturated carbocycles. The zero-order valence-corrected chi connectivity index (χ0v) is 11.8. The lowest BCUT2D eigenvalue weighted by Gasteiger charge is -2.00. The van der Waals surface area contributed by atoms with Crippen LogP contribution in [0.3, 0.4) is 0 Å². The van der Waals surface area contributed by atoms with E-state index < -0.39 is 17.7 Å². The standard InChI is InChI=1S/C10H9NO6S2/c1-4(12)5(11-15)10-18-6(8(13)16-2)7(19-10)9(14)17-3/h1-3H3. The van der Waals surface area contributed by atoms with E-state index in [0.717, 1.165) is 37.7 Å². The molecule has 0 radical (unpaired) electrons. The number of Topliss-reactive ketones (excluding diaryl/α,β-unsaturated/α-hetero) is 1. The highest BCUT2D eigenvalue weighted by Crippen LogP contribution is 2.51. The van der Waals surface area contributed by atoms with Crippen molar-refractivity contribution < 1.29 is 23.9 Å². The first kappa shape index (κ1) is 15.4. The molecule has 0 amide bonds. The van der Waals surface area contributed by atoms with Crippen molar-refractivity contribution in [1.29, 1.82) is 0 Å². The Bertz CT molecular complexity index is 492. The molecule has 0 bridgehead atoms. The number of hydrogen-bond donors (Lipinski definition) is 0. The molecule has 0 unspecified atom stereocenters. The monoisotopic (exact) mass is 303 g/mol. The Morgan fingerprint density at radius 3 is 1.68 bits per heavy atom. The van der Waals surface area contributed by atoms with Crippen molar-refractivity contribution in [2.24, 2.45) is 5.18 Å². The van der Waals surface area contributed by atoms with Gasteiger partial charge in [-0.3, -0.25) is 4.79 Å². The number of allylic oxidation sites excluding steroid dienone is 1. The van der Waals surface area contributed by atoms with Gasteiger partial charge in [-0.15, -0.1) is 4.91 Å². The van der Waals surface area contributed by atoms with Crippen LogP contribution in [0.5, 0.6) is 0 Å². The van der Waals surface area contributed by atoms with Crippen molar-refractivity contribution in [1.82, 2.24) is 0 Å². The van der Waals surface area contributed by atoms with Gasteiger partial charge in [-0.1, -0.05) is 23.5 Å². The number of rotatable bonds is 4. The molecule has 1 rings (SSSR count). The highest BCUT2D eigenvalue weighted by molar-refractivity contribution is 8.29. The van der Waals surface area contributed by atoms with Crippen molar-refractivity contribution >= 4 is 41.2 Å². The molecule has 19 heavy (non-hydrogen) atoms. The zero-order valence-electron chi connectivity index (χ0n) is 10.2. The van der Waals surface area contributed by atoms with E-state index in [-0.39, 0.29) is 19.7 Å². The van der Waals surface area contributed by atoms with Crippen LogP contribution in [0.15, 0.2) is 24.9 Å². The second kappa shape index (κ2) is 6.53. The molecule has 0 atom stereocenters. The lowest BCUT2D eigenvalue weighted by atomic mass is 10.4. The summed E-state index contributed by atoms with van der Waals surface area (Å²) in [4.78, 5) is 44.8. The number of carbonyl (C=O) groups excluding carboxylic acids is 3. The van der Waals surface area contributed by atoms with Gasteiger partial charge in [-0.25, -0.2) is 9.59 Å². The van der Waals surface area contributed by atoms with E-state index in [2.05, 4.69) is 14.7 Å². The minimum atomic E-state index is -0.748. The highest BCUT2D eigenvalue weighted by Gasteiger charge is 2.35. The van der Waals surface area contributed by atoms with E-state index in [1.807, 2.05) is 0 Å².